The van der Waals surface area contributed by atoms with Crippen LogP contribution in [0.3, 0.4) is 0 Å². The van der Waals surface area contributed by atoms with Gasteiger partial charge in [0.05, 0.1) is 13.2 Å². The Balaban J connectivity index is 4.33. The summed E-state index contributed by atoms with van der Waals surface area (Å²) in [6, 6.07) is 2.20. The van der Waals surface area contributed by atoms with E-state index in [1.165, 1.54) is 0 Å². The van der Waals surface area contributed by atoms with Gasteiger partial charge in [0.25, 0.3) is 0 Å². The Bertz CT molecular complexity index is 295. The molecule has 0 unspecified atom stereocenters. The predicted molar refractivity (Wildman–Crippen MR) is 57.7 cm³/mol. The van der Waals surface area contributed by atoms with Crippen molar-refractivity contribution in [1.82, 2.24) is 0 Å². The summed E-state index contributed by atoms with van der Waals surface area (Å²) in [7, 11) is -3.29. The molecular weight excluding hydrogens is 217 g/mol. The molecule has 0 saturated heterocycles. The lowest BCUT2D eigenvalue weighted by Gasteiger charge is -2.12. The first kappa shape index (κ1) is 14.2. The number of Topliss-reactive ketones (excluding diaryl/α,β-unsaturated/α-hetero) is 1. The monoisotopic (exact) mass is 233 g/mol. The molecule has 0 aliphatic heterocycles. The fourth-order valence-corrected chi connectivity index (χ4v) is 1.84. The van der Waals surface area contributed by atoms with Crippen molar-refractivity contribution in [3.63, 3.8) is 0 Å². The minimum atomic E-state index is -3.29. The first-order chi connectivity index (χ1) is 7.08. The molecule has 0 N–H and O–H groups in total. The molecule has 0 aliphatic carbocycles. The van der Waals surface area contributed by atoms with Crippen LogP contribution < -0.4 is 0 Å². The van der Waals surface area contributed by atoms with E-state index in [0.717, 1.165) is 6.29 Å². The van der Waals surface area contributed by atoms with Gasteiger partial charge in [0.1, 0.15) is 6.07 Å². The number of carbonyl (C=O) groups is 1. The molecule has 0 aromatic heterocycles. The van der Waals surface area contributed by atoms with Gasteiger partial charge in [0.15, 0.2) is 5.78 Å². The second-order valence-corrected chi connectivity index (χ2v) is 4.34. The van der Waals surface area contributed by atoms with Gasteiger partial charge in [0.2, 0.25) is 6.29 Å². The van der Waals surface area contributed by atoms with E-state index in [1.54, 1.807) is 20.8 Å². The van der Waals surface area contributed by atoms with Gasteiger partial charge in [-0.15, -0.1) is 0 Å². The van der Waals surface area contributed by atoms with Crippen LogP contribution in [0.1, 0.15) is 27.2 Å². The molecular formula is C9H16NO4P. The average molecular weight is 233 g/mol. The lowest BCUT2D eigenvalue weighted by molar-refractivity contribution is -0.113. The Kier molecular flexibility index (Phi) is 7.06. The van der Waals surface area contributed by atoms with Gasteiger partial charge in [-0.1, -0.05) is 6.92 Å². The molecule has 0 rings (SSSR count). The zero-order valence-corrected chi connectivity index (χ0v) is 10.1. The van der Waals surface area contributed by atoms with E-state index in [0.29, 0.717) is 6.42 Å². The molecule has 0 aromatic rings. The van der Waals surface area contributed by atoms with Crippen molar-refractivity contribution < 1.29 is 18.4 Å². The van der Waals surface area contributed by atoms with Crippen LogP contribution in [0.15, 0.2) is 0 Å². The standard InChI is InChI=1S/C9H16NO4P/c1-4-9(11)7-10-8-15(12,13-5-2)14-6-3/h8H,4-6H2,1-3H3. The number of carbonyl (C=O) groups excluding carboxylic acids is 1. The van der Waals surface area contributed by atoms with E-state index in [-0.39, 0.29) is 19.0 Å². The van der Waals surface area contributed by atoms with Crippen molar-refractivity contribution in [2.45, 2.75) is 27.2 Å². The molecule has 0 aliphatic rings. The van der Waals surface area contributed by atoms with E-state index < -0.39 is 7.60 Å². The molecule has 0 amide bonds. The lowest BCUT2D eigenvalue weighted by Crippen LogP contribution is -1.94. The molecule has 6 heteroatoms. The SMILES string of the molecule is CCOP(=O)([CH-][N+]#CC(=O)CC)OCC. The second kappa shape index (κ2) is 7.47. The third-order valence-electron chi connectivity index (χ3n) is 1.33. The highest BCUT2D eigenvalue weighted by molar-refractivity contribution is 7.56. The number of nitrogens with zero attached hydrogens (tertiary/aromatic N) is 1. The van der Waals surface area contributed by atoms with Crippen LogP contribution in [0.25, 0.3) is 4.85 Å². The topological polar surface area (TPSA) is 57.0 Å². The first-order valence-electron chi connectivity index (χ1n) is 4.79. The molecule has 0 saturated carbocycles. The molecule has 0 fully saturated rings. The highest BCUT2D eigenvalue weighted by atomic mass is 31.2. The van der Waals surface area contributed by atoms with Crippen LogP contribution >= 0.6 is 7.60 Å². The molecule has 0 atom stereocenters. The van der Waals surface area contributed by atoms with Crippen LogP contribution in [0, 0.1) is 12.4 Å². The fraction of sp³-hybridized carbons (Fsp3) is 0.667. The lowest BCUT2D eigenvalue weighted by atomic mass is 10.3. The van der Waals surface area contributed by atoms with Gasteiger partial charge in [0, 0.05) is 6.42 Å². The Morgan fingerprint density at radius 2 is 1.87 bits per heavy atom. The summed E-state index contributed by atoms with van der Waals surface area (Å²) in [5, 5.41) is 0. The van der Waals surface area contributed by atoms with E-state index >= 15 is 0 Å². The molecule has 15 heavy (non-hydrogen) atoms. The number of rotatable bonds is 6. The van der Waals surface area contributed by atoms with E-state index in [2.05, 4.69) is 10.9 Å². The minimum Gasteiger partial charge on any atom is -0.314 e. The maximum atomic E-state index is 11.7. The van der Waals surface area contributed by atoms with Gasteiger partial charge < -0.3 is 13.8 Å². The number of hydrogen-bond donors (Lipinski definition) is 0. The van der Waals surface area contributed by atoms with Gasteiger partial charge in [-0.05, 0) is 13.8 Å². The van der Waals surface area contributed by atoms with E-state index in [4.69, 9.17) is 9.05 Å². The van der Waals surface area contributed by atoms with Gasteiger partial charge >= 0.3 is 7.60 Å². The van der Waals surface area contributed by atoms with Crippen molar-refractivity contribution >= 4 is 13.4 Å². The summed E-state index contributed by atoms with van der Waals surface area (Å²) in [4.78, 5) is 14.3. The summed E-state index contributed by atoms with van der Waals surface area (Å²) in [6.07, 6.45) is 1.32. The Morgan fingerprint density at radius 3 is 2.27 bits per heavy atom. The van der Waals surface area contributed by atoms with Crippen molar-refractivity contribution in [3.8, 4) is 6.07 Å². The van der Waals surface area contributed by atoms with Gasteiger partial charge in [-0.3, -0.25) is 4.57 Å². The van der Waals surface area contributed by atoms with E-state index in [1.807, 2.05) is 0 Å². The largest absolute Gasteiger partial charge is 0.356 e. The summed E-state index contributed by atoms with van der Waals surface area (Å²) in [5.41, 5.74) is 0. The van der Waals surface area contributed by atoms with Crippen LogP contribution in [-0.4, -0.2) is 19.0 Å². The van der Waals surface area contributed by atoms with Crippen LogP contribution in [0.4, 0.5) is 0 Å². The van der Waals surface area contributed by atoms with Gasteiger partial charge in [-0.25, -0.2) is 4.85 Å². The minimum absolute atomic E-state index is 0.255. The molecule has 5 nitrogen and oxygen atoms in total. The van der Waals surface area contributed by atoms with Crippen molar-refractivity contribution in [2.75, 3.05) is 13.2 Å². The summed E-state index contributed by atoms with van der Waals surface area (Å²) in [5.74, 6) is -0.259. The summed E-state index contributed by atoms with van der Waals surface area (Å²) in [6.45, 7) is 5.60. The van der Waals surface area contributed by atoms with Crippen LogP contribution in [0.5, 0.6) is 0 Å². The van der Waals surface area contributed by atoms with Crippen LogP contribution in [0.2, 0.25) is 0 Å². The fourth-order valence-electron chi connectivity index (χ4n) is 0.714. The third-order valence-corrected chi connectivity index (χ3v) is 2.96. The van der Waals surface area contributed by atoms with Gasteiger partial charge in [-0.2, -0.15) is 0 Å². The molecule has 0 radical (unpaired) electrons. The first-order valence-corrected chi connectivity index (χ1v) is 6.41. The highest BCUT2D eigenvalue weighted by Gasteiger charge is 2.23. The van der Waals surface area contributed by atoms with Crippen molar-refractivity contribution in [1.29, 1.82) is 0 Å². The molecule has 0 bridgehead atoms. The van der Waals surface area contributed by atoms with Crippen molar-refractivity contribution in [3.05, 3.63) is 11.1 Å². The predicted octanol–water partition coefficient (Wildman–Crippen LogP) is 2.68. The quantitative estimate of drug-likeness (QED) is 0.402. The smallest absolute Gasteiger partial charge is 0.314 e. The van der Waals surface area contributed by atoms with E-state index in [9.17, 15) is 9.36 Å². The normalized spacial score (nSPS) is 10.3. The molecule has 0 spiro atoms. The summed E-state index contributed by atoms with van der Waals surface area (Å²) < 4.78 is 21.6. The average Bonchev–Trinajstić information content (AvgIpc) is 2.18. The number of hydrogen-bond acceptors (Lipinski definition) is 4. The third kappa shape index (κ3) is 6.29. The van der Waals surface area contributed by atoms with Crippen LogP contribution in [-0.2, 0) is 18.4 Å². The number of ketones is 1. The zero-order chi connectivity index (χ0) is 11.7. The highest BCUT2D eigenvalue weighted by Crippen LogP contribution is 2.51. The maximum absolute atomic E-state index is 11.7. The molecule has 0 aromatic carbocycles. The van der Waals surface area contributed by atoms with Crippen molar-refractivity contribution in [2.24, 2.45) is 0 Å². The Morgan fingerprint density at radius 1 is 1.33 bits per heavy atom. The Labute approximate surface area is 90.1 Å². The Hall–Kier alpha value is -0.820. The molecule has 0 heterocycles. The second-order valence-electron chi connectivity index (χ2n) is 2.51. The maximum Gasteiger partial charge on any atom is 0.356 e. The summed E-state index contributed by atoms with van der Waals surface area (Å²) >= 11 is 0. The molecule has 86 valence electrons. The zero-order valence-electron chi connectivity index (χ0n) is 9.23.